The first-order valence-electron chi connectivity index (χ1n) is 8.94. The van der Waals surface area contributed by atoms with E-state index in [4.69, 9.17) is 0 Å². The Morgan fingerprint density at radius 1 is 0.650 bits per heavy atom. The quantitative estimate of drug-likeness (QED) is 0.247. The minimum atomic E-state index is -0.826. The standard InChI is InChI=1S/C19H38P/c1-5-9-13-14-15-19-20(16-10-6-2,17-11-7-3)18-12-8-4/h13-15,19H,5-12,16-18H2,1-4H3/q+1/b14-13+,19-15-. The summed E-state index contributed by atoms with van der Waals surface area (Å²) in [6.45, 7) is 9.24. The molecule has 0 radical (unpaired) electrons. The highest BCUT2D eigenvalue weighted by Gasteiger charge is 2.32. The molecule has 0 N–H and O–H groups in total. The Kier molecular flexibility index (Phi) is 13.8. The Morgan fingerprint density at radius 2 is 1.15 bits per heavy atom. The summed E-state index contributed by atoms with van der Waals surface area (Å²) < 4.78 is 0. The first kappa shape index (κ1) is 19.9. The predicted octanol–water partition coefficient (Wildman–Crippen LogP) is 7.27. The van der Waals surface area contributed by atoms with Gasteiger partial charge in [-0.1, -0.05) is 65.5 Å². The van der Waals surface area contributed by atoms with Crippen LogP contribution in [0.4, 0.5) is 0 Å². The van der Waals surface area contributed by atoms with Crippen LogP contribution in [0.2, 0.25) is 0 Å². The van der Waals surface area contributed by atoms with E-state index in [1.165, 1.54) is 69.9 Å². The summed E-state index contributed by atoms with van der Waals surface area (Å²) in [5.74, 6) is 2.65. The molecule has 0 bridgehead atoms. The van der Waals surface area contributed by atoms with Gasteiger partial charge in [0.05, 0.1) is 24.3 Å². The summed E-state index contributed by atoms with van der Waals surface area (Å²) in [4.78, 5) is 0. The lowest BCUT2D eigenvalue weighted by molar-refractivity contribution is 0.840. The highest BCUT2D eigenvalue weighted by molar-refractivity contribution is 7.78. The fourth-order valence-corrected chi connectivity index (χ4v) is 6.97. The smallest absolute Gasteiger partial charge is 0.0635 e. The normalized spacial score (nSPS) is 12.8. The van der Waals surface area contributed by atoms with Crippen molar-refractivity contribution in [3.8, 4) is 0 Å². The molecule has 0 aliphatic carbocycles. The average Bonchev–Trinajstić information content (AvgIpc) is 2.48. The Balaban J connectivity index is 4.73. The molecule has 0 unspecified atom stereocenters. The van der Waals surface area contributed by atoms with Gasteiger partial charge in [0.1, 0.15) is 0 Å². The van der Waals surface area contributed by atoms with E-state index < -0.39 is 7.26 Å². The van der Waals surface area contributed by atoms with Crippen molar-refractivity contribution in [2.75, 3.05) is 18.5 Å². The molecule has 0 aliphatic heterocycles. The average molecular weight is 297 g/mol. The Labute approximate surface area is 129 Å². The summed E-state index contributed by atoms with van der Waals surface area (Å²) in [6.07, 6.45) is 22.2. The molecule has 0 aliphatic rings. The zero-order chi connectivity index (χ0) is 15.1. The van der Waals surface area contributed by atoms with Crippen molar-refractivity contribution in [3.63, 3.8) is 0 Å². The molecule has 0 rings (SSSR count). The van der Waals surface area contributed by atoms with E-state index >= 15 is 0 Å². The van der Waals surface area contributed by atoms with Crippen molar-refractivity contribution in [1.29, 1.82) is 0 Å². The molecule has 0 spiro atoms. The summed E-state index contributed by atoms with van der Waals surface area (Å²) in [6, 6.07) is 0. The second kappa shape index (κ2) is 13.9. The number of rotatable bonds is 13. The molecule has 20 heavy (non-hydrogen) atoms. The van der Waals surface area contributed by atoms with Crippen molar-refractivity contribution >= 4 is 7.26 Å². The zero-order valence-corrected chi connectivity index (χ0v) is 15.4. The molecule has 0 aromatic carbocycles. The van der Waals surface area contributed by atoms with Gasteiger partial charge in [-0.15, -0.1) is 0 Å². The Hall–Kier alpha value is -0.0900. The maximum absolute atomic E-state index is 2.65. The molecule has 0 fully saturated rings. The molecular weight excluding hydrogens is 259 g/mol. The van der Waals surface area contributed by atoms with Gasteiger partial charge in [0, 0.05) is 7.26 Å². The zero-order valence-electron chi connectivity index (χ0n) is 14.5. The molecule has 0 amide bonds. The molecule has 1 heteroatoms. The molecular formula is C19H38P+. The van der Waals surface area contributed by atoms with Gasteiger partial charge in [-0.2, -0.15) is 0 Å². The van der Waals surface area contributed by atoms with E-state index in [1.807, 2.05) is 0 Å². The minimum Gasteiger partial charge on any atom is -0.0844 e. The highest BCUT2D eigenvalue weighted by Crippen LogP contribution is 2.62. The van der Waals surface area contributed by atoms with Gasteiger partial charge in [0.15, 0.2) is 0 Å². The first-order chi connectivity index (χ1) is 9.74. The van der Waals surface area contributed by atoms with E-state index in [1.54, 1.807) is 0 Å². The van der Waals surface area contributed by atoms with Gasteiger partial charge in [-0.25, -0.2) is 0 Å². The lowest BCUT2D eigenvalue weighted by atomic mass is 10.3. The van der Waals surface area contributed by atoms with Crippen LogP contribution in [0.25, 0.3) is 0 Å². The van der Waals surface area contributed by atoms with Crippen LogP contribution in [0.15, 0.2) is 24.0 Å². The highest BCUT2D eigenvalue weighted by atomic mass is 31.2. The molecule has 0 atom stereocenters. The van der Waals surface area contributed by atoms with Crippen LogP contribution < -0.4 is 0 Å². The van der Waals surface area contributed by atoms with Crippen LogP contribution in [0.3, 0.4) is 0 Å². The van der Waals surface area contributed by atoms with Crippen LogP contribution in [-0.4, -0.2) is 18.5 Å². The summed E-state index contributed by atoms with van der Waals surface area (Å²) in [5.41, 5.74) is 0. The number of allylic oxidation sites excluding steroid dienone is 3. The van der Waals surface area contributed by atoms with Crippen LogP contribution >= 0.6 is 7.26 Å². The van der Waals surface area contributed by atoms with Gasteiger partial charge in [-0.05, 0) is 31.8 Å². The monoisotopic (exact) mass is 297 g/mol. The van der Waals surface area contributed by atoms with Gasteiger partial charge >= 0.3 is 0 Å². The molecule has 0 aromatic heterocycles. The third-order valence-electron chi connectivity index (χ3n) is 3.98. The number of hydrogen-bond acceptors (Lipinski definition) is 0. The minimum absolute atomic E-state index is 0.826. The van der Waals surface area contributed by atoms with E-state index in [-0.39, 0.29) is 0 Å². The van der Waals surface area contributed by atoms with Gasteiger partial charge < -0.3 is 0 Å². The van der Waals surface area contributed by atoms with Crippen molar-refractivity contribution in [1.82, 2.24) is 0 Å². The maximum atomic E-state index is 2.65. The summed E-state index contributed by atoms with van der Waals surface area (Å²) >= 11 is 0. The molecule has 0 heterocycles. The third-order valence-corrected chi connectivity index (χ3v) is 8.40. The van der Waals surface area contributed by atoms with Crippen LogP contribution in [-0.2, 0) is 0 Å². The largest absolute Gasteiger partial charge is 0.0844 e. The topological polar surface area (TPSA) is 0 Å². The van der Waals surface area contributed by atoms with E-state index in [9.17, 15) is 0 Å². The van der Waals surface area contributed by atoms with Crippen molar-refractivity contribution in [2.45, 2.75) is 79.1 Å². The van der Waals surface area contributed by atoms with Crippen molar-refractivity contribution in [2.24, 2.45) is 0 Å². The second-order valence-corrected chi connectivity index (χ2v) is 10.1. The van der Waals surface area contributed by atoms with Gasteiger partial charge in [-0.3, -0.25) is 0 Å². The Morgan fingerprint density at radius 3 is 1.55 bits per heavy atom. The fraction of sp³-hybridized carbons (Fsp3) is 0.789. The molecule has 118 valence electrons. The van der Waals surface area contributed by atoms with E-state index in [2.05, 4.69) is 51.7 Å². The van der Waals surface area contributed by atoms with Crippen LogP contribution in [0.5, 0.6) is 0 Å². The number of hydrogen-bond donors (Lipinski definition) is 0. The molecule has 0 nitrogen and oxygen atoms in total. The van der Waals surface area contributed by atoms with Crippen molar-refractivity contribution < 1.29 is 0 Å². The lowest BCUT2D eigenvalue weighted by Gasteiger charge is -2.24. The van der Waals surface area contributed by atoms with Gasteiger partial charge in [0.25, 0.3) is 0 Å². The predicted molar refractivity (Wildman–Crippen MR) is 99.4 cm³/mol. The Bertz CT molecular complexity index is 231. The summed E-state index contributed by atoms with van der Waals surface area (Å²) in [5, 5.41) is 0. The van der Waals surface area contributed by atoms with Crippen LogP contribution in [0.1, 0.15) is 79.1 Å². The third kappa shape index (κ3) is 9.76. The molecule has 0 saturated carbocycles. The fourth-order valence-electron chi connectivity index (χ4n) is 2.55. The maximum Gasteiger partial charge on any atom is 0.0635 e. The van der Waals surface area contributed by atoms with Crippen LogP contribution in [0, 0.1) is 0 Å². The van der Waals surface area contributed by atoms with Gasteiger partial charge in [0.2, 0.25) is 0 Å². The van der Waals surface area contributed by atoms with Crippen molar-refractivity contribution in [3.05, 3.63) is 24.0 Å². The first-order valence-corrected chi connectivity index (χ1v) is 11.4. The SMILES string of the molecule is CCC/C=C/C=C\[P+](CCCC)(CCCC)CCCC. The lowest BCUT2D eigenvalue weighted by Crippen LogP contribution is -2.06. The molecule has 0 saturated heterocycles. The number of unbranched alkanes of at least 4 members (excludes halogenated alkanes) is 4. The van der Waals surface area contributed by atoms with E-state index in [0.717, 1.165) is 0 Å². The molecule has 0 aromatic rings. The second-order valence-electron chi connectivity index (χ2n) is 6.01. The van der Waals surface area contributed by atoms with E-state index in [0.29, 0.717) is 0 Å². The summed E-state index contributed by atoms with van der Waals surface area (Å²) in [7, 11) is -0.826.